The van der Waals surface area contributed by atoms with Crippen LogP contribution in [0.1, 0.15) is 51.4 Å². The van der Waals surface area contributed by atoms with Gasteiger partial charge in [0.1, 0.15) is 0 Å². The Morgan fingerprint density at radius 3 is 2.04 bits per heavy atom. The standard InChI is InChI=1S/C19H27N3O3S/c23-19(21-18(13-5-6-13)14-7-8-14)20-15-9-11-17(12-10-15)26(24,25)22-16-3-1-2-4-16/h9-14,16,18,22H,1-8H2,(H2,20,21,23). The maximum absolute atomic E-state index is 12.4. The molecule has 1 aromatic rings. The predicted molar refractivity (Wildman–Crippen MR) is 100 cm³/mol. The number of hydrogen-bond donors (Lipinski definition) is 3. The lowest BCUT2D eigenvalue weighted by Crippen LogP contribution is -2.40. The van der Waals surface area contributed by atoms with Crippen LogP contribution in [0.5, 0.6) is 0 Å². The SMILES string of the molecule is O=C(Nc1ccc(S(=O)(=O)NC2CCCC2)cc1)NC(C1CC1)C1CC1. The molecule has 0 aliphatic heterocycles. The summed E-state index contributed by atoms with van der Waals surface area (Å²) in [6, 6.07) is 6.53. The lowest BCUT2D eigenvalue weighted by molar-refractivity contribution is 0.245. The van der Waals surface area contributed by atoms with Crippen LogP contribution in [0.25, 0.3) is 0 Å². The molecule has 0 spiro atoms. The molecule has 0 saturated heterocycles. The van der Waals surface area contributed by atoms with Crippen molar-refractivity contribution >= 4 is 21.7 Å². The molecule has 3 N–H and O–H groups in total. The molecule has 3 fully saturated rings. The highest BCUT2D eigenvalue weighted by atomic mass is 32.2. The highest BCUT2D eigenvalue weighted by molar-refractivity contribution is 7.89. The number of rotatable bonds is 7. The maximum Gasteiger partial charge on any atom is 0.319 e. The summed E-state index contributed by atoms with van der Waals surface area (Å²) in [6.45, 7) is 0. The van der Waals surface area contributed by atoms with Crippen molar-refractivity contribution < 1.29 is 13.2 Å². The van der Waals surface area contributed by atoms with Crippen LogP contribution in [0.15, 0.2) is 29.2 Å². The van der Waals surface area contributed by atoms with Crippen LogP contribution in [0.4, 0.5) is 10.5 Å². The molecule has 0 aromatic heterocycles. The fraction of sp³-hybridized carbons (Fsp3) is 0.632. The van der Waals surface area contributed by atoms with Gasteiger partial charge in [0.15, 0.2) is 0 Å². The van der Waals surface area contributed by atoms with Gasteiger partial charge in [0.2, 0.25) is 10.0 Å². The Morgan fingerprint density at radius 1 is 0.923 bits per heavy atom. The molecule has 7 heteroatoms. The fourth-order valence-corrected chi connectivity index (χ4v) is 5.20. The molecule has 26 heavy (non-hydrogen) atoms. The van der Waals surface area contributed by atoms with E-state index in [0.717, 1.165) is 25.7 Å². The molecule has 3 aliphatic rings. The summed E-state index contributed by atoms with van der Waals surface area (Å²) >= 11 is 0. The highest BCUT2D eigenvalue weighted by Crippen LogP contribution is 2.44. The van der Waals surface area contributed by atoms with E-state index >= 15 is 0 Å². The average Bonchev–Trinajstić information content (AvgIpc) is 3.53. The third kappa shape index (κ3) is 4.38. The second kappa shape index (κ2) is 7.19. The summed E-state index contributed by atoms with van der Waals surface area (Å²) in [5.74, 6) is 1.28. The Bertz CT molecular complexity index is 737. The molecule has 3 aliphatic carbocycles. The summed E-state index contributed by atoms with van der Waals surface area (Å²) in [4.78, 5) is 12.5. The number of urea groups is 1. The average molecular weight is 378 g/mol. The first-order valence-electron chi connectivity index (χ1n) is 9.71. The second-order valence-electron chi connectivity index (χ2n) is 7.93. The first-order chi connectivity index (χ1) is 12.5. The smallest absolute Gasteiger partial charge is 0.319 e. The number of amides is 2. The molecular formula is C19H27N3O3S. The topological polar surface area (TPSA) is 87.3 Å². The summed E-state index contributed by atoms with van der Waals surface area (Å²) in [7, 11) is -3.49. The summed E-state index contributed by atoms with van der Waals surface area (Å²) < 4.78 is 27.6. The van der Waals surface area contributed by atoms with Gasteiger partial charge in [-0.05, 0) is 74.6 Å². The monoisotopic (exact) mass is 377 g/mol. The largest absolute Gasteiger partial charge is 0.335 e. The zero-order chi connectivity index (χ0) is 18.1. The zero-order valence-corrected chi connectivity index (χ0v) is 15.7. The number of carbonyl (C=O) groups is 1. The van der Waals surface area contributed by atoms with Gasteiger partial charge in [0.05, 0.1) is 4.90 Å². The van der Waals surface area contributed by atoms with E-state index in [1.807, 2.05) is 0 Å². The third-order valence-electron chi connectivity index (χ3n) is 5.66. The maximum atomic E-state index is 12.4. The minimum Gasteiger partial charge on any atom is -0.335 e. The number of carbonyl (C=O) groups excluding carboxylic acids is 1. The van der Waals surface area contributed by atoms with E-state index in [-0.39, 0.29) is 17.0 Å². The van der Waals surface area contributed by atoms with Gasteiger partial charge in [-0.15, -0.1) is 0 Å². The van der Waals surface area contributed by atoms with Gasteiger partial charge in [0, 0.05) is 17.8 Å². The van der Waals surface area contributed by atoms with Gasteiger partial charge in [-0.3, -0.25) is 0 Å². The van der Waals surface area contributed by atoms with Crippen LogP contribution < -0.4 is 15.4 Å². The number of anilines is 1. The van der Waals surface area contributed by atoms with E-state index in [4.69, 9.17) is 0 Å². The van der Waals surface area contributed by atoms with E-state index in [1.165, 1.54) is 25.7 Å². The Kier molecular flexibility index (Phi) is 4.92. The van der Waals surface area contributed by atoms with E-state index < -0.39 is 10.0 Å². The zero-order valence-electron chi connectivity index (χ0n) is 14.9. The second-order valence-corrected chi connectivity index (χ2v) is 9.64. The van der Waals surface area contributed by atoms with Gasteiger partial charge < -0.3 is 10.6 Å². The number of nitrogens with one attached hydrogen (secondary N) is 3. The van der Waals surface area contributed by atoms with Crippen molar-refractivity contribution in [2.75, 3.05) is 5.32 Å². The summed E-state index contributed by atoms with van der Waals surface area (Å²) in [5.41, 5.74) is 0.604. The Labute approximate surface area is 155 Å². The van der Waals surface area contributed by atoms with Crippen molar-refractivity contribution in [3.05, 3.63) is 24.3 Å². The van der Waals surface area contributed by atoms with Crippen molar-refractivity contribution in [1.29, 1.82) is 0 Å². The molecule has 142 valence electrons. The minimum absolute atomic E-state index is 0.0466. The van der Waals surface area contributed by atoms with Gasteiger partial charge >= 0.3 is 6.03 Å². The van der Waals surface area contributed by atoms with Crippen molar-refractivity contribution in [1.82, 2.24) is 10.0 Å². The molecule has 0 unspecified atom stereocenters. The number of benzene rings is 1. The van der Waals surface area contributed by atoms with Gasteiger partial charge in [-0.25, -0.2) is 17.9 Å². The van der Waals surface area contributed by atoms with E-state index in [0.29, 0.717) is 23.6 Å². The van der Waals surface area contributed by atoms with Crippen LogP contribution in [0.3, 0.4) is 0 Å². The predicted octanol–water partition coefficient (Wildman–Crippen LogP) is 3.22. The molecule has 1 aromatic carbocycles. The Morgan fingerprint density at radius 2 is 1.50 bits per heavy atom. The van der Waals surface area contributed by atoms with E-state index in [9.17, 15) is 13.2 Å². The first kappa shape index (κ1) is 17.8. The van der Waals surface area contributed by atoms with Crippen LogP contribution in [-0.2, 0) is 10.0 Å². The fourth-order valence-electron chi connectivity index (χ4n) is 3.90. The molecule has 0 radical (unpaired) electrons. The molecule has 0 heterocycles. The van der Waals surface area contributed by atoms with Crippen molar-refractivity contribution in [3.8, 4) is 0 Å². The summed E-state index contributed by atoms with van der Waals surface area (Å²) in [6.07, 6.45) is 8.81. The van der Waals surface area contributed by atoms with Gasteiger partial charge in [-0.2, -0.15) is 0 Å². The Balaban J connectivity index is 1.34. The van der Waals surface area contributed by atoms with Crippen molar-refractivity contribution in [2.24, 2.45) is 11.8 Å². The Hall–Kier alpha value is -1.60. The van der Waals surface area contributed by atoms with E-state index in [2.05, 4.69) is 15.4 Å². The lowest BCUT2D eigenvalue weighted by atomic mass is 10.1. The van der Waals surface area contributed by atoms with Crippen molar-refractivity contribution in [3.63, 3.8) is 0 Å². The molecule has 6 nitrogen and oxygen atoms in total. The van der Waals surface area contributed by atoms with Gasteiger partial charge in [0.25, 0.3) is 0 Å². The molecule has 0 bridgehead atoms. The van der Waals surface area contributed by atoms with Crippen LogP contribution in [0.2, 0.25) is 0 Å². The molecule has 3 saturated carbocycles. The van der Waals surface area contributed by atoms with Crippen LogP contribution in [0, 0.1) is 11.8 Å². The van der Waals surface area contributed by atoms with Gasteiger partial charge in [-0.1, -0.05) is 12.8 Å². The van der Waals surface area contributed by atoms with Crippen LogP contribution >= 0.6 is 0 Å². The van der Waals surface area contributed by atoms with E-state index in [1.54, 1.807) is 24.3 Å². The van der Waals surface area contributed by atoms with Crippen molar-refractivity contribution in [2.45, 2.75) is 68.3 Å². The number of hydrogen-bond acceptors (Lipinski definition) is 3. The number of sulfonamides is 1. The summed E-state index contributed by atoms with van der Waals surface area (Å²) in [5, 5.41) is 5.93. The first-order valence-corrected chi connectivity index (χ1v) is 11.2. The van der Waals surface area contributed by atoms with Crippen LogP contribution in [-0.4, -0.2) is 26.5 Å². The molecule has 4 rings (SSSR count). The molecule has 0 atom stereocenters. The quantitative estimate of drug-likeness (QED) is 0.682. The highest BCUT2D eigenvalue weighted by Gasteiger charge is 2.42. The normalized spacial score (nSPS) is 21.1. The third-order valence-corrected chi connectivity index (χ3v) is 7.19. The molecule has 2 amide bonds. The molecular weight excluding hydrogens is 350 g/mol. The minimum atomic E-state index is -3.49. The lowest BCUT2D eigenvalue weighted by Gasteiger charge is -2.18.